The molecule has 1 N–H and O–H groups in total. The number of furan rings is 1. The molecule has 0 radical (unpaired) electrons. The largest absolute Gasteiger partial charge is 0.459 e. The van der Waals surface area contributed by atoms with Gasteiger partial charge in [-0.2, -0.15) is 0 Å². The lowest BCUT2D eigenvalue weighted by Gasteiger charge is -2.22. The molecule has 0 spiro atoms. The Bertz CT molecular complexity index is 695. The van der Waals surface area contributed by atoms with Gasteiger partial charge >= 0.3 is 0 Å². The summed E-state index contributed by atoms with van der Waals surface area (Å²) >= 11 is 5.90. The van der Waals surface area contributed by atoms with Crippen molar-refractivity contribution in [1.29, 1.82) is 0 Å². The molecular formula is C17H17ClN2O2. The highest BCUT2D eigenvalue weighted by Gasteiger charge is 2.42. The fourth-order valence-electron chi connectivity index (χ4n) is 3.43. The van der Waals surface area contributed by atoms with E-state index < -0.39 is 0 Å². The second kappa shape index (κ2) is 5.45. The summed E-state index contributed by atoms with van der Waals surface area (Å²) in [4.78, 5) is 14.1. The van der Waals surface area contributed by atoms with E-state index in [0.717, 1.165) is 30.0 Å². The molecule has 1 aromatic heterocycles. The van der Waals surface area contributed by atoms with Gasteiger partial charge in [0.15, 0.2) is 0 Å². The van der Waals surface area contributed by atoms with Crippen LogP contribution in [-0.2, 0) is 11.3 Å². The molecule has 1 aromatic carbocycles. The molecule has 0 bridgehead atoms. The third-order valence-corrected chi connectivity index (χ3v) is 4.79. The zero-order valence-electron chi connectivity index (χ0n) is 12.1. The normalized spacial score (nSPS) is 24.0. The summed E-state index contributed by atoms with van der Waals surface area (Å²) in [5.41, 5.74) is 0.990. The standard InChI is InChI=1S/C17H17ClN2O2/c18-12-3-1-11(2-4-12)16-6-5-13(22-16)10-20-15-7-8-19-14(15)9-17(20)21/h1-6,14-15,19H,7-10H2/t14-,15-/m1/s1. The van der Waals surface area contributed by atoms with E-state index in [-0.39, 0.29) is 5.91 Å². The monoisotopic (exact) mass is 316 g/mol. The molecule has 0 unspecified atom stereocenters. The average Bonchev–Trinajstić information content (AvgIpc) is 3.19. The van der Waals surface area contributed by atoms with Gasteiger partial charge in [0.25, 0.3) is 0 Å². The summed E-state index contributed by atoms with van der Waals surface area (Å²) in [7, 11) is 0. The molecule has 0 saturated carbocycles. The van der Waals surface area contributed by atoms with E-state index in [1.807, 2.05) is 41.3 Å². The van der Waals surface area contributed by atoms with Crippen LogP contribution in [-0.4, -0.2) is 29.4 Å². The maximum Gasteiger partial charge on any atom is 0.224 e. The highest BCUT2D eigenvalue weighted by atomic mass is 35.5. The number of fused-ring (bicyclic) bond motifs is 1. The molecule has 2 fully saturated rings. The smallest absolute Gasteiger partial charge is 0.224 e. The topological polar surface area (TPSA) is 45.5 Å². The lowest BCUT2D eigenvalue weighted by Crippen LogP contribution is -2.35. The van der Waals surface area contributed by atoms with Crippen LogP contribution >= 0.6 is 11.6 Å². The Kier molecular flexibility index (Phi) is 3.43. The second-order valence-electron chi connectivity index (χ2n) is 5.92. The van der Waals surface area contributed by atoms with Gasteiger partial charge in [-0.3, -0.25) is 4.79 Å². The van der Waals surface area contributed by atoms with Crippen molar-refractivity contribution in [2.24, 2.45) is 0 Å². The van der Waals surface area contributed by atoms with Crippen LogP contribution in [0.5, 0.6) is 0 Å². The van der Waals surface area contributed by atoms with Crippen LogP contribution in [0.3, 0.4) is 0 Å². The number of nitrogens with one attached hydrogen (secondary N) is 1. The number of benzene rings is 1. The predicted molar refractivity (Wildman–Crippen MR) is 84.5 cm³/mol. The highest BCUT2D eigenvalue weighted by Crippen LogP contribution is 2.29. The molecule has 2 aliphatic rings. The van der Waals surface area contributed by atoms with Gasteiger partial charge < -0.3 is 14.6 Å². The second-order valence-corrected chi connectivity index (χ2v) is 6.35. The molecule has 2 saturated heterocycles. The molecule has 114 valence electrons. The van der Waals surface area contributed by atoms with Gasteiger partial charge in [0.2, 0.25) is 5.91 Å². The Hall–Kier alpha value is -1.78. The number of hydrogen-bond donors (Lipinski definition) is 1. The first kappa shape index (κ1) is 13.9. The molecule has 2 aliphatic heterocycles. The molecule has 2 aromatic rings. The SMILES string of the molecule is O=C1C[C@H]2NCC[C@H]2N1Cc1ccc(-c2ccc(Cl)cc2)o1. The molecule has 2 atom stereocenters. The van der Waals surface area contributed by atoms with Crippen molar-refractivity contribution in [1.82, 2.24) is 10.2 Å². The maximum atomic E-state index is 12.1. The first-order valence-corrected chi connectivity index (χ1v) is 7.96. The first-order valence-electron chi connectivity index (χ1n) is 7.58. The van der Waals surface area contributed by atoms with E-state index in [1.54, 1.807) is 0 Å². The number of carbonyl (C=O) groups is 1. The van der Waals surface area contributed by atoms with Crippen molar-refractivity contribution in [2.75, 3.05) is 6.54 Å². The summed E-state index contributed by atoms with van der Waals surface area (Å²) < 4.78 is 5.91. The van der Waals surface area contributed by atoms with Crippen LogP contribution in [0.1, 0.15) is 18.6 Å². The van der Waals surface area contributed by atoms with Crippen molar-refractivity contribution in [3.05, 3.63) is 47.2 Å². The van der Waals surface area contributed by atoms with E-state index in [4.69, 9.17) is 16.0 Å². The number of nitrogens with zero attached hydrogens (tertiary/aromatic N) is 1. The number of hydrogen-bond acceptors (Lipinski definition) is 3. The summed E-state index contributed by atoms with van der Waals surface area (Å²) in [5, 5.41) is 4.10. The third-order valence-electron chi connectivity index (χ3n) is 4.54. The minimum atomic E-state index is 0.214. The van der Waals surface area contributed by atoms with Crippen LogP contribution in [0.15, 0.2) is 40.8 Å². The van der Waals surface area contributed by atoms with Crippen LogP contribution in [0, 0.1) is 0 Å². The Morgan fingerprint density at radius 2 is 2.05 bits per heavy atom. The Labute approximate surface area is 134 Å². The summed E-state index contributed by atoms with van der Waals surface area (Å²) in [6, 6.07) is 12.1. The van der Waals surface area contributed by atoms with E-state index in [9.17, 15) is 4.79 Å². The summed E-state index contributed by atoms with van der Waals surface area (Å²) in [5.74, 6) is 1.84. The minimum Gasteiger partial charge on any atom is -0.459 e. The van der Waals surface area contributed by atoms with Crippen LogP contribution in [0.4, 0.5) is 0 Å². The Balaban J connectivity index is 1.52. The van der Waals surface area contributed by atoms with E-state index >= 15 is 0 Å². The fraction of sp³-hybridized carbons (Fsp3) is 0.353. The molecule has 0 aliphatic carbocycles. The predicted octanol–water partition coefficient (Wildman–Crippen LogP) is 3.06. The van der Waals surface area contributed by atoms with Crippen molar-refractivity contribution < 1.29 is 9.21 Å². The van der Waals surface area contributed by atoms with Crippen LogP contribution < -0.4 is 5.32 Å². The van der Waals surface area contributed by atoms with Crippen molar-refractivity contribution >= 4 is 17.5 Å². The molecular weight excluding hydrogens is 300 g/mol. The molecule has 5 heteroatoms. The van der Waals surface area contributed by atoms with E-state index in [2.05, 4.69) is 5.32 Å². The molecule has 22 heavy (non-hydrogen) atoms. The number of likely N-dealkylation sites (tertiary alicyclic amines) is 1. The van der Waals surface area contributed by atoms with Gasteiger partial charge in [0.1, 0.15) is 11.5 Å². The Morgan fingerprint density at radius 3 is 2.86 bits per heavy atom. The molecule has 4 rings (SSSR count). The summed E-state index contributed by atoms with van der Waals surface area (Å²) in [6.45, 7) is 1.54. The Morgan fingerprint density at radius 1 is 1.23 bits per heavy atom. The zero-order valence-corrected chi connectivity index (χ0v) is 12.8. The maximum absolute atomic E-state index is 12.1. The van der Waals surface area contributed by atoms with Crippen molar-refractivity contribution in [3.63, 3.8) is 0 Å². The lowest BCUT2D eigenvalue weighted by atomic mass is 10.1. The highest BCUT2D eigenvalue weighted by molar-refractivity contribution is 6.30. The summed E-state index contributed by atoms with van der Waals surface area (Å²) in [6.07, 6.45) is 1.64. The van der Waals surface area contributed by atoms with Gasteiger partial charge in [0.05, 0.1) is 6.54 Å². The zero-order chi connectivity index (χ0) is 15.1. The number of carbonyl (C=O) groups excluding carboxylic acids is 1. The van der Waals surface area contributed by atoms with Gasteiger partial charge in [-0.1, -0.05) is 11.6 Å². The number of rotatable bonds is 3. The quantitative estimate of drug-likeness (QED) is 0.946. The first-order chi connectivity index (χ1) is 10.7. The molecule has 3 heterocycles. The van der Waals surface area contributed by atoms with E-state index in [1.165, 1.54) is 0 Å². The molecule has 1 amide bonds. The van der Waals surface area contributed by atoms with Gasteiger partial charge in [-0.05, 0) is 49.4 Å². The molecule has 4 nitrogen and oxygen atoms in total. The average molecular weight is 317 g/mol. The van der Waals surface area contributed by atoms with Crippen LogP contribution in [0.25, 0.3) is 11.3 Å². The number of amides is 1. The lowest BCUT2D eigenvalue weighted by molar-refractivity contribution is -0.129. The number of halogens is 1. The van der Waals surface area contributed by atoms with Crippen molar-refractivity contribution in [2.45, 2.75) is 31.5 Å². The van der Waals surface area contributed by atoms with Crippen molar-refractivity contribution in [3.8, 4) is 11.3 Å². The van der Waals surface area contributed by atoms with Gasteiger partial charge in [-0.15, -0.1) is 0 Å². The third kappa shape index (κ3) is 2.42. The fourth-order valence-corrected chi connectivity index (χ4v) is 3.56. The minimum absolute atomic E-state index is 0.214. The van der Waals surface area contributed by atoms with Gasteiger partial charge in [-0.25, -0.2) is 0 Å². The van der Waals surface area contributed by atoms with Crippen LogP contribution in [0.2, 0.25) is 5.02 Å². The van der Waals surface area contributed by atoms with Gasteiger partial charge in [0, 0.05) is 29.1 Å². The van der Waals surface area contributed by atoms with E-state index in [0.29, 0.717) is 30.1 Å².